The topological polar surface area (TPSA) is 146 Å². The van der Waals surface area contributed by atoms with Crippen molar-refractivity contribution in [1.82, 2.24) is 30.4 Å². The normalized spacial score (nSPS) is 20.3. The van der Waals surface area contributed by atoms with Crippen LogP contribution in [0.15, 0.2) is 77.9 Å². The summed E-state index contributed by atoms with van der Waals surface area (Å²) in [5.41, 5.74) is 9.61. The van der Waals surface area contributed by atoms with Crippen molar-refractivity contribution in [2.75, 3.05) is 32.9 Å². The van der Waals surface area contributed by atoms with Crippen LogP contribution >= 0.6 is 11.3 Å². The number of nitrogens with zero attached hydrogens (tertiary/aromatic N) is 4. The number of ether oxygens (including phenoxy) is 2. The van der Waals surface area contributed by atoms with E-state index in [1.807, 2.05) is 93.6 Å². The number of pyridine rings is 1. The van der Waals surface area contributed by atoms with Crippen LogP contribution in [0.2, 0.25) is 0 Å². The zero-order chi connectivity index (χ0) is 45.5. The number of aromatic nitrogens is 2. The molecule has 3 aliphatic rings. The minimum Gasteiger partial charge on any atom is -0.492 e. The first kappa shape index (κ1) is 46.9. The molecule has 4 heterocycles. The van der Waals surface area contributed by atoms with Gasteiger partial charge in [-0.2, -0.15) is 0 Å². The second-order valence-electron chi connectivity index (χ2n) is 18.2. The first-order chi connectivity index (χ1) is 30.7. The first-order valence-electron chi connectivity index (χ1n) is 22.2. The Balaban J connectivity index is 0.830. The van der Waals surface area contributed by atoms with E-state index in [4.69, 9.17) is 14.5 Å². The van der Waals surface area contributed by atoms with Gasteiger partial charge in [0, 0.05) is 32.2 Å². The van der Waals surface area contributed by atoms with Gasteiger partial charge in [0.25, 0.3) is 6.43 Å². The SMILES string of the molecule is Cc1ncsc1-c1ccc(CNC(=O)[C@@H]2C[C@@H](O)CN2C(=O)[C@@H](NC(=O)COCCCCCOc2ccc([C@@H]3C4=C(C[C@@H](C)N3CC(F)F)c3ccccc3C4)nc2)C(C)(C)C)cc1. The van der Waals surface area contributed by atoms with Crippen LogP contribution < -0.4 is 15.4 Å². The monoisotopic (exact) mass is 898 g/mol. The van der Waals surface area contributed by atoms with Crippen LogP contribution in [-0.4, -0.2) is 106 Å². The van der Waals surface area contributed by atoms with Gasteiger partial charge in [0.2, 0.25) is 17.7 Å². The Morgan fingerprint density at radius 2 is 1.77 bits per heavy atom. The van der Waals surface area contributed by atoms with Crippen LogP contribution in [0.5, 0.6) is 5.75 Å². The number of aliphatic hydroxyl groups is 1. The van der Waals surface area contributed by atoms with Gasteiger partial charge >= 0.3 is 0 Å². The summed E-state index contributed by atoms with van der Waals surface area (Å²) >= 11 is 1.57. The number of aliphatic hydroxyl groups excluding tert-OH is 1. The van der Waals surface area contributed by atoms with E-state index in [-0.39, 0.29) is 50.7 Å². The highest BCUT2D eigenvalue weighted by Crippen LogP contribution is 2.48. The Morgan fingerprint density at radius 1 is 1.00 bits per heavy atom. The third-order valence-corrected chi connectivity index (χ3v) is 13.4. The number of rotatable bonds is 18. The van der Waals surface area contributed by atoms with Gasteiger partial charge in [-0.3, -0.25) is 24.3 Å². The number of thiazole rings is 1. The fraction of sp³-hybridized carbons (Fsp3) is 0.490. The average molecular weight is 899 g/mol. The van der Waals surface area contributed by atoms with Crippen LogP contribution in [-0.2, 0) is 32.1 Å². The standard InChI is InChI=1S/C49H60F2N6O6S/c1-30-21-38-37-12-8-7-11-34(37)22-39(38)44(56(30)27-42(50)51)40-18-17-36(25-52-40)63-20-10-6-9-19-62-28-43(59)55-46(49(3,4)5)48(61)57-26-35(58)23-41(57)47(60)53-24-32-13-15-33(16-14-32)45-31(2)54-29-64-45/h7-8,11-18,25,29-30,35,41-42,44,46,58H,6,9-10,19-24,26-28H2,1-5H3,(H,53,60)(H,55,59)/t30-,35-,41+,44+,46-/m1/s1. The van der Waals surface area contributed by atoms with Crippen molar-refractivity contribution in [3.05, 3.63) is 106 Å². The number of hydrogen-bond donors (Lipinski definition) is 3. The minimum absolute atomic E-state index is 0.0126. The van der Waals surface area contributed by atoms with E-state index in [2.05, 4.69) is 27.8 Å². The maximum Gasteiger partial charge on any atom is 0.251 e. The number of nitrogens with one attached hydrogen (secondary N) is 2. The summed E-state index contributed by atoms with van der Waals surface area (Å²) in [6.07, 6.45) is 2.12. The van der Waals surface area contributed by atoms with Crippen LogP contribution in [0.4, 0.5) is 8.78 Å². The Bertz CT molecular complexity index is 2280. The molecule has 0 saturated carbocycles. The average Bonchev–Trinajstić information content (AvgIpc) is 3.99. The molecule has 15 heteroatoms. The van der Waals surface area contributed by atoms with Gasteiger partial charge in [-0.05, 0) is 96.9 Å². The summed E-state index contributed by atoms with van der Waals surface area (Å²) < 4.78 is 39.2. The number of hydrogen-bond acceptors (Lipinski definition) is 10. The molecule has 2 aliphatic heterocycles. The second-order valence-corrected chi connectivity index (χ2v) is 19.1. The number of halogens is 2. The molecule has 5 atom stereocenters. The molecule has 1 saturated heterocycles. The molecule has 0 bridgehead atoms. The quantitative estimate of drug-likeness (QED) is 0.0877. The van der Waals surface area contributed by atoms with E-state index in [0.29, 0.717) is 25.4 Å². The number of β-amino-alcohol motifs (C(OH)–C–C–N with tert-alkyl or cyclic N) is 1. The molecule has 342 valence electrons. The van der Waals surface area contributed by atoms with Crippen LogP contribution in [0, 0.1) is 12.3 Å². The fourth-order valence-corrected chi connectivity index (χ4v) is 9.89. The highest BCUT2D eigenvalue weighted by molar-refractivity contribution is 7.13. The van der Waals surface area contributed by atoms with Gasteiger partial charge in [0.15, 0.2) is 0 Å². The predicted octanol–water partition coefficient (Wildman–Crippen LogP) is 7.30. The zero-order valence-electron chi connectivity index (χ0n) is 37.3. The lowest BCUT2D eigenvalue weighted by atomic mass is 9.85. The van der Waals surface area contributed by atoms with E-state index in [1.165, 1.54) is 21.6 Å². The van der Waals surface area contributed by atoms with E-state index in [1.54, 1.807) is 17.5 Å². The van der Waals surface area contributed by atoms with Crippen molar-refractivity contribution in [2.24, 2.45) is 5.41 Å². The van der Waals surface area contributed by atoms with Gasteiger partial charge < -0.3 is 30.1 Å². The lowest BCUT2D eigenvalue weighted by Crippen LogP contribution is -2.58. The molecule has 2 aromatic carbocycles. The van der Waals surface area contributed by atoms with E-state index in [9.17, 15) is 28.3 Å². The van der Waals surface area contributed by atoms with Crippen molar-refractivity contribution in [1.29, 1.82) is 0 Å². The summed E-state index contributed by atoms with van der Waals surface area (Å²) in [6.45, 7) is 9.97. The Kier molecular flexibility index (Phi) is 15.3. The number of likely N-dealkylation sites (tertiary alicyclic amines) is 1. The molecule has 0 radical (unpaired) electrons. The zero-order valence-corrected chi connectivity index (χ0v) is 38.1. The van der Waals surface area contributed by atoms with Crippen molar-refractivity contribution >= 4 is 34.6 Å². The molecule has 3 amide bonds. The third kappa shape index (κ3) is 11.2. The molecule has 2 aromatic heterocycles. The number of amides is 3. The van der Waals surface area contributed by atoms with Gasteiger partial charge in [0.05, 0.1) is 53.3 Å². The molecule has 0 spiro atoms. The van der Waals surface area contributed by atoms with Gasteiger partial charge in [0.1, 0.15) is 24.4 Å². The number of fused-ring (bicyclic) bond motifs is 2. The lowest BCUT2D eigenvalue weighted by Gasteiger charge is -2.41. The van der Waals surface area contributed by atoms with Gasteiger partial charge in [-0.1, -0.05) is 69.3 Å². The van der Waals surface area contributed by atoms with Crippen molar-refractivity contribution in [3.8, 4) is 16.2 Å². The molecule has 0 unspecified atom stereocenters. The number of carbonyl (C=O) groups excluding carboxylic acids is 3. The number of aryl methyl sites for hydroxylation is 1. The summed E-state index contributed by atoms with van der Waals surface area (Å²) in [4.78, 5) is 53.9. The number of unbranched alkanes of at least 4 members (excludes halogenated alkanes) is 2. The third-order valence-electron chi connectivity index (χ3n) is 12.4. The summed E-state index contributed by atoms with van der Waals surface area (Å²) in [5, 5.41) is 16.3. The molecule has 1 fully saturated rings. The highest BCUT2D eigenvalue weighted by Gasteiger charge is 2.45. The van der Waals surface area contributed by atoms with Gasteiger partial charge in [-0.25, -0.2) is 13.8 Å². The minimum atomic E-state index is -2.45. The van der Waals surface area contributed by atoms with E-state index < -0.39 is 41.8 Å². The summed E-state index contributed by atoms with van der Waals surface area (Å²) in [6, 6.07) is 17.7. The van der Waals surface area contributed by atoms with Crippen LogP contribution in [0.3, 0.4) is 0 Å². The molecule has 12 nitrogen and oxygen atoms in total. The highest BCUT2D eigenvalue weighted by atomic mass is 32.1. The lowest BCUT2D eigenvalue weighted by molar-refractivity contribution is -0.144. The largest absolute Gasteiger partial charge is 0.492 e. The fourth-order valence-electron chi connectivity index (χ4n) is 9.08. The number of alkyl halides is 2. The molecule has 64 heavy (non-hydrogen) atoms. The molecular formula is C49H60F2N6O6S. The van der Waals surface area contributed by atoms with Crippen LogP contribution in [0.25, 0.3) is 16.0 Å². The molecule has 4 aromatic rings. The van der Waals surface area contributed by atoms with Crippen LogP contribution in [0.1, 0.15) is 93.9 Å². The summed E-state index contributed by atoms with van der Waals surface area (Å²) in [5.74, 6) is -0.648. The van der Waals surface area contributed by atoms with Gasteiger partial charge in [-0.15, -0.1) is 11.3 Å². The summed E-state index contributed by atoms with van der Waals surface area (Å²) in [7, 11) is 0. The maximum absolute atomic E-state index is 14.0. The molecule has 7 rings (SSSR count). The first-order valence-corrected chi connectivity index (χ1v) is 23.1. The predicted molar refractivity (Wildman–Crippen MR) is 243 cm³/mol. The number of benzene rings is 2. The Morgan fingerprint density at radius 3 is 2.47 bits per heavy atom. The van der Waals surface area contributed by atoms with Crippen molar-refractivity contribution < 1.29 is 37.7 Å². The van der Waals surface area contributed by atoms with Crippen molar-refractivity contribution in [2.45, 2.75) is 116 Å². The number of carbonyl (C=O) groups is 3. The van der Waals surface area contributed by atoms with E-state index >= 15 is 0 Å². The molecule has 3 N–H and O–H groups in total. The molecular weight excluding hydrogens is 839 g/mol. The Hall–Kier alpha value is -5.09. The smallest absolute Gasteiger partial charge is 0.251 e. The maximum atomic E-state index is 14.0. The second kappa shape index (κ2) is 20.8. The molecule has 1 aliphatic carbocycles. The van der Waals surface area contributed by atoms with Crippen molar-refractivity contribution in [3.63, 3.8) is 0 Å². The van der Waals surface area contributed by atoms with E-state index in [0.717, 1.165) is 58.6 Å². The Labute approximate surface area is 378 Å².